The summed E-state index contributed by atoms with van der Waals surface area (Å²) in [5.74, 6) is 1.04. The molecule has 3 aromatic heterocycles. The SMILES string of the molecule is OC1N=C(c2cc3ccsc3cn2)Nc2ccc(OCCCc3ccncc3)c(Cl)c21. The number of anilines is 1. The van der Waals surface area contributed by atoms with Crippen molar-refractivity contribution in [2.75, 3.05) is 11.9 Å². The molecule has 4 aromatic rings. The first-order valence-electron chi connectivity index (χ1n) is 9.89. The van der Waals surface area contributed by atoms with E-state index in [0.29, 0.717) is 40.2 Å². The summed E-state index contributed by atoms with van der Waals surface area (Å²) in [5.41, 5.74) is 3.08. The zero-order valence-corrected chi connectivity index (χ0v) is 18.0. The Labute approximate surface area is 188 Å². The Morgan fingerprint density at radius 3 is 2.90 bits per heavy atom. The number of aliphatic imine (C=N–C) groups is 1. The summed E-state index contributed by atoms with van der Waals surface area (Å²) in [4.78, 5) is 12.9. The average molecular weight is 451 g/mol. The molecule has 2 N–H and O–H groups in total. The molecular formula is C23H19ClN4O2S. The Kier molecular flexibility index (Phi) is 5.55. The van der Waals surface area contributed by atoms with E-state index in [2.05, 4.69) is 20.3 Å². The van der Waals surface area contributed by atoms with Crippen LogP contribution in [0.15, 0.2) is 65.4 Å². The molecule has 0 bridgehead atoms. The van der Waals surface area contributed by atoms with E-state index in [1.54, 1.807) is 23.7 Å². The predicted octanol–water partition coefficient (Wildman–Crippen LogP) is 5.22. The third-order valence-electron chi connectivity index (χ3n) is 5.11. The van der Waals surface area contributed by atoms with Gasteiger partial charge in [0, 0.05) is 29.8 Å². The largest absolute Gasteiger partial charge is 0.492 e. The first-order valence-corrected chi connectivity index (χ1v) is 11.2. The average Bonchev–Trinajstić information content (AvgIpc) is 3.26. The van der Waals surface area contributed by atoms with Crippen molar-refractivity contribution < 1.29 is 9.84 Å². The van der Waals surface area contributed by atoms with E-state index >= 15 is 0 Å². The van der Waals surface area contributed by atoms with E-state index in [-0.39, 0.29) is 0 Å². The number of hydrogen-bond donors (Lipinski definition) is 2. The number of thiophene rings is 1. The van der Waals surface area contributed by atoms with Crippen LogP contribution in [0.5, 0.6) is 5.75 Å². The molecule has 1 atom stereocenters. The maximum absolute atomic E-state index is 10.7. The standard InChI is InChI=1S/C23H19ClN4O2S/c24-21-18(30-10-1-2-14-5-8-25-9-6-14)4-3-16-20(21)23(29)28-22(27-16)17-12-15-7-11-31-19(15)13-26-17/h3-9,11-13,23,29H,1-2,10H2,(H,27,28). The van der Waals surface area contributed by atoms with Gasteiger partial charge in [0.25, 0.3) is 0 Å². The molecule has 8 heteroatoms. The van der Waals surface area contributed by atoms with Gasteiger partial charge in [-0.2, -0.15) is 0 Å². The summed E-state index contributed by atoms with van der Waals surface area (Å²) in [6, 6.07) is 11.6. The molecule has 0 saturated heterocycles. The molecule has 1 unspecified atom stereocenters. The second-order valence-electron chi connectivity index (χ2n) is 7.15. The van der Waals surface area contributed by atoms with Crippen molar-refractivity contribution in [2.24, 2.45) is 4.99 Å². The van der Waals surface area contributed by atoms with Crippen molar-refractivity contribution in [2.45, 2.75) is 19.1 Å². The molecule has 0 aliphatic carbocycles. The van der Waals surface area contributed by atoms with Crippen LogP contribution < -0.4 is 10.1 Å². The lowest BCUT2D eigenvalue weighted by Gasteiger charge is -2.24. The van der Waals surface area contributed by atoms with Crippen molar-refractivity contribution in [3.8, 4) is 5.75 Å². The molecule has 6 nitrogen and oxygen atoms in total. The molecule has 0 amide bonds. The maximum atomic E-state index is 10.7. The second-order valence-corrected chi connectivity index (χ2v) is 8.48. The monoisotopic (exact) mass is 450 g/mol. The lowest BCUT2D eigenvalue weighted by Crippen LogP contribution is -2.23. The third-order valence-corrected chi connectivity index (χ3v) is 6.36. The van der Waals surface area contributed by atoms with E-state index in [1.165, 1.54) is 5.56 Å². The van der Waals surface area contributed by atoms with Gasteiger partial charge in [-0.15, -0.1) is 11.3 Å². The number of hydrogen-bond acceptors (Lipinski definition) is 7. The van der Waals surface area contributed by atoms with Gasteiger partial charge in [0.15, 0.2) is 12.1 Å². The Hall–Kier alpha value is -3.00. The number of aliphatic hydroxyl groups is 1. The lowest BCUT2D eigenvalue weighted by atomic mass is 10.1. The molecule has 0 radical (unpaired) electrons. The van der Waals surface area contributed by atoms with E-state index in [0.717, 1.165) is 22.9 Å². The molecular weight excluding hydrogens is 432 g/mol. The topological polar surface area (TPSA) is 79.6 Å². The first kappa shape index (κ1) is 19.9. The van der Waals surface area contributed by atoms with Crippen molar-refractivity contribution in [3.63, 3.8) is 0 Å². The van der Waals surface area contributed by atoms with Gasteiger partial charge in [-0.3, -0.25) is 9.97 Å². The minimum absolute atomic E-state index is 0.366. The fourth-order valence-electron chi connectivity index (χ4n) is 3.53. The summed E-state index contributed by atoms with van der Waals surface area (Å²) >= 11 is 8.19. The second kappa shape index (κ2) is 8.63. The number of nitrogens with zero attached hydrogens (tertiary/aromatic N) is 3. The fraction of sp³-hybridized carbons (Fsp3) is 0.174. The Balaban J connectivity index is 1.30. The van der Waals surface area contributed by atoms with Crippen LogP contribution in [-0.2, 0) is 6.42 Å². The van der Waals surface area contributed by atoms with Crippen LogP contribution in [0.1, 0.15) is 29.5 Å². The number of pyridine rings is 2. The van der Waals surface area contributed by atoms with Crippen LogP contribution in [0.3, 0.4) is 0 Å². The molecule has 4 heterocycles. The molecule has 5 rings (SSSR count). The predicted molar refractivity (Wildman–Crippen MR) is 124 cm³/mol. The molecule has 1 aliphatic rings. The number of halogens is 1. The van der Waals surface area contributed by atoms with Gasteiger partial charge in [0.05, 0.1) is 16.3 Å². The third kappa shape index (κ3) is 4.12. The minimum Gasteiger partial charge on any atom is -0.492 e. The van der Waals surface area contributed by atoms with Crippen LogP contribution in [0.2, 0.25) is 5.02 Å². The van der Waals surface area contributed by atoms with Gasteiger partial charge in [-0.1, -0.05) is 11.6 Å². The number of ether oxygens (including phenoxy) is 1. The number of nitrogens with one attached hydrogen (secondary N) is 1. The van der Waals surface area contributed by atoms with Crippen LogP contribution in [0.25, 0.3) is 10.1 Å². The smallest absolute Gasteiger partial charge is 0.177 e. The van der Waals surface area contributed by atoms with Crippen LogP contribution in [0.4, 0.5) is 5.69 Å². The highest BCUT2D eigenvalue weighted by molar-refractivity contribution is 7.17. The summed E-state index contributed by atoms with van der Waals surface area (Å²) in [6.07, 6.45) is 6.03. The molecule has 1 aliphatic heterocycles. The summed E-state index contributed by atoms with van der Waals surface area (Å²) in [6.45, 7) is 0.517. The van der Waals surface area contributed by atoms with E-state index in [9.17, 15) is 5.11 Å². The number of aryl methyl sites for hydroxylation is 1. The molecule has 0 spiro atoms. The van der Waals surface area contributed by atoms with Crippen LogP contribution in [-0.4, -0.2) is 27.5 Å². The fourth-order valence-corrected chi connectivity index (χ4v) is 4.58. The van der Waals surface area contributed by atoms with Gasteiger partial charge in [-0.25, -0.2) is 4.99 Å². The van der Waals surface area contributed by atoms with Crippen molar-refractivity contribution in [1.82, 2.24) is 9.97 Å². The van der Waals surface area contributed by atoms with Gasteiger partial charge in [0.2, 0.25) is 0 Å². The number of fused-ring (bicyclic) bond motifs is 2. The number of benzene rings is 1. The Morgan fingerprint density at radius 1 is 1.16 bits per heavy atom. The van der Waals surface area contributed by atoms with Crippen LogP contribution >= 0.6 is 22.9 Å². The van der Waals surface area contributed by atoms with Crippen molar-refractivity contribution in [1.29, 1.82) is 0 Å². The molecule has 0 saturated carbocycles. The van der Waals surface area contributed by atoms with E-state index in [1.807, 2.05) is 48.0 Å². The van der Waals surface area contributed by atoms with E-state index in [4.69, 9.17) is 16.3 Å². The Bertz CT molecular complexity index is 1260. The first-order chi connectivity index (χ1) is 15.2. The highest BCUT2D eigenvalue weighted by Gasteiger charge is 2.26. The van der Waals surface area contributed by atoms with Crippen molar-refractivity contribution in [3.05, 3.63) is 82.2 Å². The lowest BCUT2D eigenvalue weighted by molar-refractivity contribution is 0.187. The van der Waals surface area contributed by atoms with Crippen LogP contribution in [0, 0.1) is 0 Å². The molecule has 31 heavy (non-hydrogen) atoms. The molecule has 1 aromatic carbocycles. The normalized spacial score (nSPS) is 15.3. The molecule has 0 fully saturated rings. The zero-order valence-electron chi connectivity index (χ0n) is 16.5. The minimum atomic E-state index is -1.10. The van der Waals surface area contributed by atoms with E-state index < -0.39 is 6.23 Å². The van der Waals surface area contributed by atoms with Crippen molar-refractivity contribution >= 4 is 44.5 Å². The summed E-state index contributed by atoms with van der Waals surface area (Å²) in [5, 5.41) is 17.4. The number of aliphatic hydroxyl groups excluding tert-OH is 1. The zero-order chi connectivity index (χ0) is 21.2. The van der Waals surface area contributed by atoms with Gasteiger partial charge >= 0.3 is 0 Å². The number of rotatable bonds is 6. The highest BCUT2D eigenvalue weighted by atomic mass is 35.5. The highest BCUT2D eigenvalue weighted by Crippen LogP contribution is 2.40. The maximum Gasteiger partial charge on any atom is 0.177 e. The van der Waals surface area contributed by atoms with Gasteiger partial charge in [0.1, 0.15) is 11.4 Å². The molecule has 156 valence electrons. The quantitative estimate of drug-likeness (QED) is 0.394. The number of aromatic nitrogens is 2. The van der Waals surface area contributed by atoms with Gasteiger partial charge in [-0.05, 0) is 65.6 Å². The Morgan fingerprint density at radius 2 is 2.03 bits per heavy atom. The van der Waals surface area contributed by atoms with Gasteiger partial charge < -0.3 is 15.2 Å². The summed E-state index contributed by atoms with van der Waals surface area (Å²) in [7, 11) is 0. The summed E-state index contributed by atoms with van der Waals surface area (Å²) < 4.78 is 6.98. The number of amidine groups is 1.